The van der Waals surface area contributed by atoms with Crippen LogP contribution in [0, 0.1) is 18.3 Å². The molecule has 26 heavy (non-hydrogen) atoms. The molecule has 144 valence electrons. The van der Waals surface area contributed by atoms with E-state index in [1.165, 1.54) is 5.56 Å². The number of nitrogens with one attached hydrogen (secondary N) is 2. The molecule has 2 aliphatic rings. The minimum Gasteiger partial charge on any atom is -0.493 e. The van der Waals surface area contributed by atoms with Crippen molar-refractivity contribution in [2.45, 2.75) is 26.8 Å². The number of hydrogen-bond acceptors (Lipinski definition) is 4. The van der Waals surface area contributed by atoms with Crippen LogP contribution in [0.3, 0.4) is 0 Å². The first-order valence-electron chi connectivity index (χ1n) is 9.40. The molecule has 0 amide bonds. The van der Waals surface area contributed by atoms with E-state index < -0.39 is 0 Å². The molecule has 6 heteroatoms. The summed E-state index contributed by atoms with van der Waals surface area (Å²) < 4.78 is 16.9. The lowest BCUT2D eigenvalue weighted by Crippen LogP contribution is -2.50. The predicted octanol–water partition coefficient (Wildman–Crippen LogP) is 2.11. The zero-order chi connectivity index (χ0) is 18.4. The second kappa shape index (κ2) is 8.73. The maximum Gasteiger partial charge on any atom is 0.191 e. The minimum atomic E-state index is 0.207. The molecule has 2 fully saturated rings. The summed E-state index contributed by atoms with van der Waals surface area (Å²) in [4.78, 5) is 4.32. The van der Waals surface area contributed by atoms with Gasteiger partial charge in [0.1, 0.15) is 5.75 Å². The fourth-order valence-electron chi connectivity index (χ4n) is 3.11. The van der Waals surface area contributed by atoms with Crippen LogP contribution in [0.5, 0.6) is 5.75 Å². The zero-order valence-corrected chi connectivity index (χ0v) is 16.1. The molecule has 0 aromatic heterocycles. The smallest absolute Gasteiger partial charge is 0.191 e. The summed E-state index contributed by atoms with van der Waals surface area (Å²) >= 11 is 0. The highest BCUT2D eigenvalue weighted by Crippen LogP contribution is 2.25. The Kier molecular flexibility index (Phi) is 6.38. The summed E-state index contributed by atoms with van der Waals surface area (Å²) in [6, 6.07) is 6.35. The predicted molar refractivity (Wildman–Crippen MR) is 103 cm³/mol. The van der Waals surface area contributed by atoms with Gasteiger partial charge in [-0.05, 0) is 25.0 Å². The van der Waals surface area contributed by atoms with Crippen molar-refractivity contribution in [1.82, 2.24) is 10.6 Å². The van der Waals surface area contributed by atoms with Crippen LogP contribution in [0.1, 0.15) is 24.5 Å². The summed E-state index contributed by atoms with van der Waals surface area (Å²) in [6.07, 6.45) is 1.08. The molecule has 2 N–H and O–H groups in total. The lowest BCUT2D eigenvalue weighted by atomic mass is 9.89. The quantitative estimate of drug-likeness (QED) is 0.575. The average molecular weight is 361 g/mol. The van der Waals surface area contributed by atoms with E-state index in [1.807, 2.05) is 0 Å². The van der Waals surface area contributed by atoms with Gasteiger partial charge in [-0.3, -0.25) is 4.99 Å². The van der Waals surface area contributed by atoms with E-state index in [4.69, 9.17) is 14.2 Å². The van der Waals surface area contributed by atoms with E-state index in [0.717, 1.165) is 56.7 Å². The van der Waals surface area contributed by atoms with Gasteiger partial charge in [-0.2, -0.15) is 0 Å². The fraction of sp³-hybridized carbons (Fsp3) is 0.650. The van der Waals surface area contributed by atoms with Gasteiger partial charge >= 0.3 is 0 Å². The van der Waals surface area contributed by atoms with Gasteiger partial charge in [-0.25, -0.2) is 0 Å². The van der Waals surface area contributed by atoms with Crippen LogP contribution in [0.2, 0.25) is 0 Å². The third kappa shape index (κ3) is 5.11. The highest BCUT2D eigenvalue weighted by Gasteiger charge is 2.33. The second-order valence-corrected chi connectivity index (χ2v) is 7.73. The van der Waals surface area contributed by atoms with Gasteiger partial charge in [0, 0.05) is 43.6 Å². The number of nitrogens with zero attached hydrogens (tertiary/aromatic N) is 1. The molecule has 0 spiro atoms. The van der Waals surface area contributed by atoms with Gasteiger partial charge < -0.3 is 24.8 Å². The van der Waals surface area contributed by atoms with Crippen molar-refractivity contribution in [3.05, 3.63) is 29.3 Å². The first kappa shape index (κ1) is 19.0. The molecule has 2 heterocycles. The topological polar surface area (TPSA) is 64.1 Å². The molecule has 1 aromatic carbocycles. The van der Waals surface area contributed by atoms with Gasteiger partial charge in [0.15, 0.2) is 5.96 Å². The number of benzene rings is 1. The van der Waals surface area contributed by atoms with E-state index in [0.29, 0.717) is 19.1 Å². The van der Waals surface area contributed by atoms with Crippen molar-refractivity contribution >= 4 is 5.96 Å². The second-order valence-electron chi connectivity index (χ2n) is 7.73. The molecule has 2 saturated heterocycles. The Labute approximate surface area is 156 Å². The van der Waals surface area contributed by atoms with E-state index in [-0.39, 0.29) is 5.41 Å². The molecule has 2 aliphatic heterocycles. The lowest BCUT2D eigenvalue weighted by molar-refractivity contribution is -0.0971. The van der Waals surface area contributed by atoms with Crippen LogP contribution in [0.25, 0.3) is 0 Å². The van der Waals surface area contributed by atoms with E-state index >= 15 is 0 Å². The normalized spacial score (nSPS) is 22.0. The van der Waals surface area contributed by atoms with E-state index in [1.54, 1.807) is 7.05 Å². The number of hydrogen-bond donors (Lipinski definition) is 2. The minimum absolute atomic E-state index is 0.207. The van der Waals surface area contributed by atoms with E-state index in [2.05, 4.69) is 47.7 Å². The van der Waals surface area contributed by atoms with Crippen LogP contribution in [0.15, 0.2) is 23.2 Å². The summed E-state index contributed by atoms with van der Waals surface area (Å²) in [5.74, 6) is 2.24. The maximum atomic E-state index is 6.11. The highest BCUT2D eigenvalue weighted by molar-refractivity contribution is 5.79. The molecule has 6 nitrogen and oxygen atoms in total. The van der Waals surface area contributed by atoms with Gasteiger partial charge in [0.2, 0.25) is 0 Å². The number of rotatable bonds is 7. The van der Waals surface area contributed by atoms with Crippen molar-refractivity contribution in [2.75, 3.05) is 46.6 Å². The highest BCUT2D eigenvalue weighted by atomic mass is 16.5. The Bertz CT molecular complexity index is 623. The molecule has 0 bridgehead atoms. The molecule has 0 radical (unpaired) electrons. The number of aryl methyl sites for hydroxylation is 1. The van der Waals surface area contributed by atoms with Crippen molar-refractivity contribution in [1.29, 1.82) is 0 Å². The Hall–Kier alpha value is -1.79. The number of ether oxygens (including phenoxy) is 3. The number of guanidine groups is 1. The third-order valence-corrected chi connectivity index (χ3v) is 4.97. The van der Waals surface area contributed by atoms with Gasteiger partial charge in [0.25, 0.3) is 0 Å². The van der Waals surface area contributed by atoms with E-state index in [9.17, 15) is 0 Å². The molecule has 3 rings (SSSR count). The molecular formula is C20H31N3O3. The summed E-state index contributed by atoms with van der Waals surface area (Å²) in [7, 11) is 1.79. The zero-order valence-electron chi connectivity index (χ0n) is 16.1. The molecule has 0 aliphatic carbocycles. The third-order valence-electron chi connectivity index (χ3n) is 4.97. The van der Waals surface area contributed by atoms with Crippen LogP contribution >= 0.6 is 0 Å². The monoisotopic (exact) mass is 361 g/mol. The van der Waals surface area contributed by atoms with Crippen molar-refractivity contribution < 1.29 is 14.2 Å². The van der Waals surface area contributed by atoms with Crippen LogP contribution in [-0.2, 0) is 16.0 Å². The average Bonchev–Trinajstić information content (AvgIpc) is 3.13. The Morgan fingerprint density at radius 2 is 2.15 bits per heavy atom. The SMILES string of the molecule is CN=C(NCc1ccc(C)cc1OCC1CCOC1)NCC1(C)COC1. The first-order chi connectivity index (χ1) is 12.6. The molecular weight excluding hydrogens is 330 g/mol. The largest absolute Gasteiger partial charge is 0.493 e. The molecule has 0 saturated carbocycles. The van der Waals surface area contributed by atoms with Crippen LogP contribution in [-0.4, -0.2) is 52.6 Å². The van der Waals surface area contributed by atoms with Crippen LogP contribution in [0.4, 0.5) is 0 Å². The van der Waals surface area contributed by atoms with Crippen molar-refractivity contribution in [3.8, 4) is 5.75 Å². The summed E-state index contributed by atoms with van der Waals surface area (Å²) in [5, 5.41) is 6.78. The molecule has 1 aromatic rings. The van der Waals surface area contributed by atoms with Crippen LogP contribution < -0.4 is 15.4 Å². The van der Waals surface area contributed by atoms with Gasteiger partial charge in [-0.15, -0.1) is 0 Å². The maximum absolute atomic E-state index is 6.11. The Morgan fingerprint density at radius 1 is 1.31 bits per heavy atom. The van der Waals surface area contributed by atoms with Crippen molar-refractivity contribution in [3.63, 3.8) is 0 Å². The summed E-state index contributed by atoms with van der Waals surface area (Å²) in [5.41, 5.74) is 2.54. The molecule has 1 atom stereocenters. The first-order valence-corrected chi connectivity index (χ1v) is 9.40. The Morgan fingerprint density at radius 3 is 2.81 bits per heavy atom. The lowest BCUT2D eigenvalue weighted by Gasteiger charge is -2.38. The van der Waals surface area contributed by atoms with Gasteiger partial charge in [-0.1, -0.05) is 19.1 Å². The van der Waals surface area contributed by atoms with Gasteiger partial charge in [0.05, 0.1) is 26.4 Å². The number of aliphatic imine (C=N–C) groups is 1. The van der Waals surface area contributed by atoms with Crippen molar-refractivity contribution in [2.24, 2.45) is 16.3 Å². The molecule has 1 unspecified atom stereocenters. The fourth-order valence-corrected chi connectivity index (χ4v) is 3.11. The Balaban J connectivity index is 1.53. The summed E-state index contributed by atoms with van der Waals surface area (Å²) in [6.45, 7) is 9.80. The standard InChI is InChI=1S/C20H31N3O3/c1-15-4-5-17(18(8-15)26-11-16-6-7-24-10-16)9-22-19(21-3)23-12-20(2)13-25-14-20/h4-5,8,16H,6-7,9-14H2,1-3H3,(H2,21,22,23).